The molecule has 0 atom stereocenters. The molecule has 17 heavy (non-hydrogen) atoms. The van der Waals surface area contributed by atoms with Crippen LogP contribution in [0.2, 0.25) is 0 Å². The standard InChI is InChI=1S/C13H25N3O/c1-10-12(6-7-14)11(2)16(15-10)8-9-17-13(3,4)5/h6-9,14H2,1-5H3. The van der Waals surface area contributed by atoms with Crippen molar-refractivity contribution in [3.05, 3.63) is 17.0 Å². The summed E-state index contributed by atoms with van der Waals surface area (Å²) in [5.41, 5.74) is 9.10. The number of rotatable bonds is 5. The molecule has 1 aromatic heterocycles. The normalized spacial score (nSPS) is 12.1. The molecular formula is C13H25N3O. The topological polar surface area (TPSA) is 53.1 Å². The van der Waals surface area contributed by atoms with Gasteiger partial charge in [-0.2, -0.15) is 5.10 Å². The first-order valence-electron chi connectivity index (χ1n) is 6.22. The van der Waals surface area contributed by atoms with E-state index in [1.807, 2.05) is 11.6 Å². The monoisotopic (exact) mass is 239 g/mol. The second-order valence-corrected chi connectivity index (χ2v) is 5.37. The molecule has 0 bridgehead atoms. The molecule has 0 fully saturated rings. The van der Waals surface area contributed by atoms with Crippen molar-refractivity contribution in [3.8, 4) is 0 Å². The minimum absolute atomic E-state index is 0.0871. The molecule has 0 saturated heterocycles. The molecule has 0 spiro atoms. The van der Waals surface area contributed by atoms with Gasteiger partial charge in [-0.3, -0.25) is 4.68 Å². The molecule has 98 valence electrons. The van der Waals surface area contributed by atoms with Gasteiger partial charge in [0, 0.05) is 5.69 Å². The molecule has 0 aliphatic heterocycles. The van der Waals surface area contributed by atoms with Crippen molar-refractivity contribution in [1.29, 1.82) is 0 Å². The number of aromatic nitrogens is 2. The Morgan fingerprint density at radius 1 is 1.29 bits per heavy atom. The molecule has 0 saturated carbocycles. The average molecular weight is 239 g/mol. The maximum atomic E-state index is 5.71. The largest absolute Gasteiger partial charge is 0.374 e. The maximum Gasteiger partial charge on any atom is 0.0669 e. The highest BCUT2D eigenvalue weighted by Crippen LogP contribution is 2.14. The Balaban J connectivity index is 2.63. The van der Waals surface area contributed by atoms with Crippen LogP contribution in [0.25, 0.3) is 0 Å². The number of nitrogens with zero attached hydrogens (tertiary/aromatic N) is 2. The molecule has 4 heteroatoms. The highest BCUT2D eigenvalue weighted by molar-refractivity contribution is 5.24. The van der Waals surface area contributed by atoms with E-state index in [4.69, 9.17) is 10.5 Å². The molecule has 2 N–H and O–H groups in total. The first-order chi connectivity index (χ1) is 7.85. The van der Waals surface area contributed by atoms with E-state index >= 15 is 0 Å². The van der Waals surface area contributed by atoms with Crippen LogP contribution in [0.15, 0.2) is 0 Å². The zero-order chi connectivity index (χ0) is 13.1. The molecule has 0 aromatic carbocycles. The third-order valence-corrected chi connectivity index (χ3v) is 2.76. The van der Waals surface area contributed by atoms with E-state index in [-0.39, 0.29) is 5.60 Å². The van der Waals surface area contributed by atoms with E-state index in [0.717, 1.165) is 18.7 Å². The molecule has 0 amide bonds. The summed E-state index contributed by atoms with van der Waals surface area (Å²) in [6.07, 6.45) is 0.901. The van der Waals surface area contributed by atoms with E-state index in [1.165, 1.54) is 11.3 Å². The molecule has 1 rings (SSSR count). The van der Waals surface area contributed by atoms with Crippen molar-refractivity contribution in [3.63, 3.8) is 0 Å². The van der Waals surface area contributed by atoms with Crippen LogP contribution in [0.4, 0.5) is 0 Å². The minimum atomic E-state index is -0.0871. The van der Waals surface area contributed by atoms with E-state index in [1.54, 1.807) is 0 Å². The van der Waals surface area contributed by atoms with Gasteiger partial charge in [0.1, 0.15) is 0 Å². The van der Waals surface area contributed by atoms with Gasteiger partial charge in [0.2, 0.25) is 0 Å². The molecular weight excluding hydrogens is 214 g/mol. The lowest BCUT2D eigenvalue weighted by Gasteiger charge is -2.19. The Bertz CT molecular complexity index is 363. The fourth-order valence-corrected chi connectivity index (χ4v) is 1.90. The van der Waals surface area contributed by atoms with Gasteiger partial charge >= 0.3 is 0 Å². The van der Waals surface area contributed by atoms with Gasteiger partial charge in [-0.05, 0) is 53.1 Å². The van der Waals surface area contributed by atoms with Gasteiger partial charge in [-0.1, -0.05) is 0 Å². The van der Waals surface area contributed by atoms with Gasteiger partial charge < -0.3 is 10.5 Å². The highest BCUT2D eigenvalue weighted by Gasteiger charge is 2.13. The van der Waals surface area contributed by atoms with Crippen molar-refractivity contribution in [2.24, 2.45) is 5.73 Å². The summed E-state index contributed by atoms with van der Waals surface area (Å²) in [4.78, 5) is 0. The quantitative estimate of drug-likeness (QED) is 0.852. The zero-order valence-corrected chi connectivity index (χ0v) is 11.7. The molecule has 4 nitrogen and oxygen atoms in total. The minimum Gasteiger partial charge on any atom is -0.374 e. The summed E-state index contributed by atoms with van der Waals surface area (Å²) in [6, 6.07) is 0. The number of nitrogens with two attached hydrogens (primary N) is 1. The lowest BCUT2D eigenvalue weighted by atomic mass is 10.1. The second-order valence-electron chi connectivity index (χ2n) is 5.37. The number of hydrogen-bond acceptors (Lipinski definition) is 3. The van der Waals surface area contributed by atoms with Gasteiger partial charge in [-0.15, -0.1) is 0 Å². The van der Waals surface area contributed by atoms with Crippen LogP contribution in [0, 0.1) is 13.8 Å². The number of hydrogen-bond donors (Lipinski definition) is 1. The Hall–Kier alpha value is -0.870. The van der Waals surface area contributed by atoms with E-state index in [2.05, 4.69) is 32.8 Å². The summed E-state index contributed by atoms with van der Waals surface area (Å²) in [6.45, 7) is 12.5. The number of aryl methyl sites for hydroxylation is 1. The SMILES string of the molecule is Cc1nn(CCOC(C)(C)C)c(C)c1CCN. The van der Waals surface area contributed by atoms with Crippen molar-refractivity contribution in [2.45, 2.75) is 53.2 Å². The predicted octanol–water partition coefficient (Wildman–Crippen LogP) is 1.82. The van der Waals surface area contributed by atoms with Gasteiger partial charge in [0.05, 0.1) is 24.4 Å². The summed E-state index contributed by atoms with van der Waals surface area (Å²) < 4.78 is 7.73. The van der Waals surface area contributed by atoms with Gasteiger partial charge in [0.25, 0.3) is 0 Å². The number of ether oxygens (including phenoxy) is 1. The third kappa shape index (κ3) is 4.13. The fourth-order valence-electron chi connectivity index (χ4n) is 1.90. The molecule has 0 aliphatic rings. The Kier molecular flexibility index (Phi) is 4.71. The van der Waals surface area contributed by atoms with E-state index < -0.39 is 0 Å². The summed E-state index contributed by atoms with van der Waals surface area (Å²) in [5.74, 6) is 0. The summed E-state index contributed by atoms with van der Waals surface area (Å²) in [5, 5.41) is 4.53. The van der Waals surface area contributed by atoms with E-state index in [9.17, 15) is 0 Å². The second kappa shape index (κ2) is 5.65. The van der Waals surface area contributed by atoms with Crippen LogP contribution in [-0.2, 0) is 17.7 Å². The van der Waals surface area contributed by atoms with Gasteiger partial charge in [0.15, 0.2) is 0 Å². The van der Waals surface area contributed by atoms with Crippen molar-refractivity contribution in [2.75, 3.05) is 13.2 Å². The fraction of sp³-hybridized carbons (Fsp3) is 0.769. The molecule has 1 aromatic rings. The van der Waals surface area contributed by atoms with E-state index in [0.29, 0.717) is 13.2 Å². The predicted molar refractivity (Wildman–Crippen MR) is 70.2 cm³/mol. The van der Waals surface area contributed by atoms with Crippen LogP contribution in [0.3, 0.4) is 0 Å². The first-order valence-corrected chi connectivity index (χ1v) is 6.22. The Morgan fingerprint density at radius 3 is 2.47 bits per heavy atom. The van der Waals surface area contributed by atoms with Crippen molar-refractivity contribution < 1.29 is 4.74 Å². The third-order valence-electron chi connectivity index (χ3n) is 2.76. The molecule has 0 radical (unpaired) electrons. The molecule has 0 aliphatic carbocycles. The molecule has 0 unspecified atom stereocenters. The smallest absolute Gasteiger partial charge is 0.0669 e. The van der Waals surface area contributed by atoms with Crippen LogP contribution in [0.1, 0.15) is 37.7 Å². The van der Waals surface area contributed by atoms with Crippen LogP contribution < -0.4 is 5.73 Å². The lowest BCUT2D eigenvalue weighted by Crippen LogP contribution is -2.22. The average Bonchev–Trinajstić information content (AvgIpc) is 2.45. The summed E-state index contributed by atoms with van der Waals surface area (Å²) >= 11 is 0. The zero-order valence-electron chi connectivity index (χ0n) is 11.7. The highest BCUT2D eigenvalue weighted by atomic mass is 16.5. The maximum absolute atomic E-state index is 5.71. The summed E-state index contributed by atoms with van der Waals surface area (Å²) in [7, 11) is 0. The van der Waals surface area contributed by atoms with Crippen molar-refractivity contribution >= 4 is 0 Å². The first kappa shape index (κ1) is 14.2. The van der Waals surface area contributed by atoms with Crippen LogP contribution >= 0.6 is 0 Å². The van der Waals surface area contributed by atoms with Crippen molar-refractivity contribution in [1.82, 2.24) is 9.78 Å². The van der Waals surface area contributed by atoms with Gasteiger partial charge in [-0.25, -0.2) is 0 Å². The van der Waals surface area contributed by atoms with Crippen LogP contribution in [0.5, 0.6) is 0 Å². The molecule has 1 heterocycles. The van der Waals surface area contributed by atoms with Crippen LogP contribution in [-0.4, -0.2) is 28.5 Å². The Labute approximate surface area is 104 Å². The Morgan fingerprint density at radius 2 is 1.94 bits per heavy atom. The lowest BCUT2D eigenvalue weighted by molar-refractivity contribution is -0.00810.